The average molecular weight is 272 g/mol. The third-order valence-corrected chi connectivity index (χ3v) is 3.57. The minimum Gasteiger partial charge on any atom is -0.477 e. The van der Waals surface area contributed by atoms with Crippen molar-refractivity contribution in [1.82, 2.24) is 0 Å². The first-order chi connectivity index (χ1) is 8.85. The first-order valence-corrected chi connectivity index (χ1v) is 7.19. The molecule has 0 aliphatic rings. The average Bonchev–Trinajstić information content (AvgIpc) is 2.30. The normalized spacial score (nSPS) is 14.9. The van der Waals surface area contributed by atoms with Crippen molar-refractivity contribution in [2.75, 3.05) is 20.6 Å². The van der Waals surface area contributed by atoms with Crippen molar-refractivity contribution in [3.8, 4) is 0 Å². The number of aliphatic carboxylic acids is 1. The highest BCUT2D eigenvalue weighted by Gasteiger charge is 2.35. The summed E-state index contributed by atoms with van der Waals surface area (Å²) >= 11 is 0. The summed E-state index contributed by atoms with van der Waals surface area (Å²) in [5.74, 6) is -0.772. The minimum atomic E-state index is -0.772. The predicted molar refractivity (Wildman–Crippen MR) is 78.0 cm³/mol. The van der Waals surface area contributed by atoms with Gasteiger partial charge in [-0.15, -0.1) is 6.58 Å². The molecule has 4 heteroatoms. The van der Waals surface area contributed by atoms with E-state index in [0.717, 1.165) is 32.1 Å². The summed E-state index contributed by atoms with van der Waals surface area (Å²) in [4.78, 5) is 11.3. The van der Waals surface area contributed by atoms with Gasteiger partial charge in [0.25, 0.3) is 0 Å². The smallest absolute Gasteiger partial charge is 0.362 e. The van der Waals surface area contributed by atoms with Gasteiger partial charge in [-0.05, 0) is 25.7 Å². The lowest BCUT2D eigenvalue weighted by Gasteiger charge is -2.37. The van der Waals surface area contributed by atoms with Crippen LogP contribution in [0.15, 0.2) is 12.7 Å². The maximum atomic E-state index is 11.3. The lowest BCUT2D eigenvalue weighted by molar-refractivity contribution is -0.909. The van der Waals surface area contributed by atoms with Gasteiger partial charge in [-0.1, -0.05) is 19.4 Å². The molecular formula is C15H30NO3+. The molecule has 0 aromatic rings. The minimum absolute atomic E-state index is 0.339. The molecular weight excluding hydrogens is 242 g/mol. The highest BCUT2D eigenvalue weighted by Crippen LogP contribution is 2.16. The van der Waals surface area contributed by atoms with Gasteiger partial charge in [0.1, 0.15) is 12.6 Å². The Morgan fingerprint density at radius 2 is 1.95 bits per heavy atom. The van der Waals surface area contributed by atoms with E-state index in [1.807, 2.05) is 27.1 Å². The lowest BCUT2D eigenvalue weighted by Crippen LogP contribution is -2.56. The highest BCUT2D eigenvalue weighted by molar-refractivity contribution is 5.72. The van der Waals surface area contributed by atoms with Crippen LogP contribution in [-0.2, 0) is 4.79 Å². The summed E-state index contributed by atoms with van der Waals surface area (Å²) in [6.45, 7) is 6.15. The van der Waals surface area contributed by atoms with Crippen LogP contribution in [0, 0.1) is 0 Å². The van der Waals surface area contributed by atoms with E-state index >= 15 is 0 Å². The number of aliphatic hydroxyl groups excluding tert-OH is 1. The number of carboxylic acids is 1. The Bertz CT molecular complexity index is 277. The second-order valence-corrected chi connectivity index (χ2v) is 5.83. The molecule has 0 saturated carbocycles. The third kappa shape index (κ3) is 7.33. The Morgan fingerprint density at radius 1 is 1.32 bits per heavy atom. The van der Waals surface area contributed by atoms with Crippen molar-refractivity contribution in [2.45, 2.75) is 57.6 Å². The third-order valence-electron chi connectivity index (χ3n) is 3.57. The second-order valence-electron chi connectivity index (χ2n) is 5.83. The Labute approximate surface area is 117 Å². The molecule has 0 fully saturated rings. The molecule has 112 valence electrons. The molecule has 0 amide bonds. The molecule has 0 rings (SSSR count). The Morgan fingerprint density at radius 3 is 2.42 bits per heavy atom. The fraction of sp³-hybridized carbons (Fsp3) is 0.800. The van der Waals surface area contributed by atoms with Gasteiger partial charge in [-0.3, -0.25) is 0 Å². The van der Waals surface area contributed by atoms with Crippen LogP contribution in [-0.4, -0.2) is 53.5 Å². The van der Waals surface area contributed by atoms with E-state index in [1.54, 1.807) is 0 Å². The van der Waals surface area contributed by atoms with Crippen LogP contribution in [0.2, 0.25) is 0 Å². The maximum absolute atomic E-state index is 11.3. The topological polar surface area (TPSA) is 57.5 Å². The first kappa shape index (κ1) is 18.1. The van der Waals surface area contributed by atoms with E-state index in [-0.39, 0.29) is 0 Å². The van der Waals surface area contributed by atoms with Gasteiger partial charge in [0, 0.05) is 6.42 Å². The molecule has 0 saturated heterocycles. The number of nitrogens with zero attached hydrogens (tertiary/aromatic N) is 1. The van der Waals surface area contributed by atoms with Crippen LogP contribution in [0.1, 0.15) is 45.4 Å². The van der Waals surface area contributed by atoms with E-state index in [2.05, 4.69) is 6.58 Å². The predicted octanol–water partition coefficient (Wildman–Crippen LogP) is 2.42. The Hall–Kier alpha value is -0.870. The molecule has 4 nitrogen and oxygen atoms in total. The number of hydrogen-bond donors (Lipinski definition) is 2. The van der Waals surface area contributed by atoms with Gasteiger partial charge < -0.3 is 14.7 Å². The number of likely N-dealkylation sites (N-methyl/N-ethyl adjacent to an activating group) is 1. The van der Waals surface area contributed by atoms with Gasteiger partial charge in [-0.2, -0.15) is 0 Å². The molecule has 2 N–H and O–H groups in total. The summed E-state index contributed by atoms with van der Waals surface area (Å²) in [5, 5.41) is 19.3. The van der Waals surface area contributed by atoms with Crippen molar-refractivity contribution in [1.29, 1.82) is 0 Å². The van der Waals surface area contributed by atoms with Gasteiger partial charge in [0.05, 0.1) is 14.1 Å². The number of rotatable bonds is 11. The maximum Gasteiger partial charge on any atom is 0.362 e. The summed E-state index contributed by atoms with van der Waals surface area (Å²) in [5.41, 5.74) is 0. The standard InChI is InChI=1S/C15H29NO3/c1-5-7-8-9-11-13(17)12-16(3,4)14(10-6-2)15(18)19/h5,13-14,17H,1,6-12H2,2-4H3/p+1. The van der Waals surface area contributed by atoms with Crippen molar-refractivity contribution < 1.29 is 19.5 Å². The lowest BCUT2D eigenvalue weighted by atomic mass is 10.1. The van der Waals surface area contributed by atoms with E-state index in [9.17, 15) is 15.0 Å². The molecule has 2 unspecified atom stereocenters. The van der Waals surface area contributed by atoms with E-state index in [0.29, 0.717) is 17.4 Å². The Kier molecular flexibility index (Phi) is 8.68. The van der Waals surface area contributed by atoms with Crippen molar-refractivity contribution in [2.24, 2.45) is 0 Å². The Balaban J connectivity index is 4.30. The van der Waals surface area contributed by atoms with Crippen LogP contribution in [0.4, 0.5) is 0 Å². The highest BCUT2D eigenvalue weighted by atomic mass is 16.4. The SMILES string of the molecule is C=CCCCCC(O)C[N+](C)(C)C(CCC)C(=O)O. The molecule has 0 aromatic heterocycles. The monoisotopic (exact) mass is 272 g/mol. The van der Waals surface area contributed by atoms with Gasteiger partial charge in [-0.25, -0.2) is 4.79 Å². The zero-order chi connectivity index (χ0) is 14.9. The van der Waals surface area contributed by atoms with E-state index in [4.69, 9.17) is 0 Å². The second kappa shape index (κ2) is 9.10. The number of aliphatic hydroxyl groups is 1. The van der Waals surface area contributed by atoms with Crippen LogP contribution in [0.25, 0.3) is 0 Å². The summed E-state index contributed by atoms with van der Waals surface area (Å²) in [6.07, 6.45) is 6.63. The van der Waals surface area contributed by atoms with Gasteiger partial charge in [0.2, 0.25) is 0 Å². The van der Waals surface area contributed by atoms with Crippen molar-refractivity contribution >= 4 is 5.97 Å². The molecule has 0 aromatic carbocycles. The fourth-order valence-electron chi connectivity index (χ4n) is 2.48. The van der Waals surface area contributed by atoms with E-state index in [1.165, 1.54) is 0 Å². The quantitative estimate of drug-likeness (QED) is 0.345. The van der Waals surface area contributed by atoms with Gasteiger partial charge >= 0.3 is 5.97 Å². The molecule has 19 heavy (non-hydrogen) atoms. The van der Waals surface area contributed by atoms with Crippen LogP contribution >= 0.6 is 0 Å². The first-order valence-electron chi connectivity index (χ1n) is 7.19. The van der Waals surface area contributed by atoms with Crippen LogP contribution < -0.4 is 0 Å². The number of carboxylic acid groups (broad SMARTS) is 1. The molecule has 0 spiro atoms. The molecule has 0 heterocycles. The summed E-state index contributed by atoms with van der Waals surface area (Å²) in [6, 6.07) is -0.437. The van der Waals surface area contributed by atoms with Crippen molar-refractivity contribution in [3.05, 3.63) is 12.7 Å². The number of quaternary nitrogens is 1. The van der Waals surface area contributed by atoms with Crippen molar-refractivity contribution in [3.63, 3.8) is 0 Å². The molecule has 0 bridgehead atoms. The van der Waals surface area contributed by atoms with E-state index < -0.39 is 18.1 Å². The zero-order valence-electron chi connectivity index (χ0n) is 12.6. The molecule has 0 aliphatic carbocycles. The summed E-state index contributed by atoms with van der Waals surface area (Å²) < 4.78 is 0.339. The van der Waals surface area contributed by atoms with Crippen LogP contribution in [0.3, 0.4) is 0 Å². The van der Waals surface area contributed by atoms with Crippen LogP contribution in [0.5, 0.6) is 0 Å². The number of unbranched alkanes of at least 4 members (excludes halogenated alkanes) is 2. The molecule has 2 atom stereocenters. The zero-order valence-corrected chi connectivity index (χ0v) is 12.6. The largest absolute Gasteiger partial charge is 0.477 e. The number of hydrogen-bond acceptors (Lipinski definition) is 2. The number of allylic oxidation sites excluding steroid dienone is 1. The molecule has 0 radical (unpaired) electrons. The van der Waals surface area contributed by atoms with Gasteiger partial charge in [0.15, 0.2) is 6.04 Å². The fourth-order valence-corrected chi connectivity index (χ4v) is 2.48. The number of carbonyl (C=O) groups is 1. The molecule has 0 aliphatic heterocycles. The summed E-state index contributed by atoms with van der Waals surface area (Å²) in [7, 11) is 3.78.